The van der Waals surface area contributed by atoms with E-state index in [-0.39, 0.29) is 11.3 Å². The van der Waals surface area contributed by atoms with E-state index in [1.54, 1.807) is 24.3 Å². The first-order chi connectivity index (χ1) is 18.3. The summed E-state index contributed by atoms with van der Waals surface area (Å²) in [6.45, 7) is 1.95. The number of aliphatic hydroxyl groups excluding tert-OH is 1. The van der Waals surface area contributed by atoms with Crippen molar-refractivity contribution in [2.75, 3.05) is 23.7 Å². The molecule has 0 unspecified atom stereocenters. The molecule has 7 nitrogen and oxygen atoms in total. The molecule has 2 N–H and O–H groups in total. The number of amides is 1. The monoisotopic (exact) mass is 558 g/mol. The van der Waals surface area contributed by atoms with Gasteiger partial charge in [-0.3, -0.25) is 4.79 Å². The van der Waals surface area contributed by atoms with Crippen molar-refractivity contribution in [3.63, 3.8) is 0 Å². The van der Waals surface area contributed by atoms with Gasteiger partial charge in [0.2, 0.25) is 10.0 Å². The molecule has 2 heterocycles. The molecule has 2 bridgehead atoms. The Bertz CT molecular complexity index is 1310. The topological polar surface area (TPSA) is 95.9 Å². The van der Waals surface area contributed by atoms with Crippen molar-refractivity contribution in [2.24, 2.45) is 11.8 Å². The SMILES string of the molecule is O=C1NS(=O)(=O)C/C=C\C[C@H](O)C[C@@H]2CC[C@H]2CN2CCCCc3cc(Cl)ccc3COc3ccc1cc32. The van der Waals surface area contributed by atoms with Crippen LogP contribution in [0.4, 0.5) is 5.69 Å². The molecule has 1 amide bonds. The molecule has 38 heavy (non-hydrogen) atoms. The maximum atomic E-state index is 13.0. The van der Waals surface area contributed by atoms with Crippen LogP contribution in [-0.2, 0) is 23.1 Å². The second kappa shape index (κ2) is 11.7. The van der Waals surface area contributed by atoms with Crippen LogP contribution in [0.2, 0.25) is 5.02 Å². The molecule has 0 saturated heterocycles. The van der Waals surface area contributed by atoms with E-state index in [2.05, 4.69) is 9.62 Å². The predicted octanol–water partition coefficient (Wildman–Crippen LogP) is 4.86. The fraction of sp³-hybridized carbons (Fsp3) is 0.483. The summed E-state index contributed by atoms with van der Waals surface area (Å²) in [6.07, 6.45) is 8.79. The lowest BCUT2D eigenvalue weighted by Gasteiger charge is -2.42. The lowest BCUT2D eigenvalue weighted by molar-refractivity contribution is 0.0807. The van der Waals surface area contributed by atoms with Crippen LogP contribution in [0.5, 0.6) is 5.75 Å². The highest BCUT2D eigenvalue weighted by Gasteiger charge is 2.34. The predicted molar refractivity (Wildman–Crippen MR) is 149 cm³/mol. The van der Waals surface area contributed by atoms with Gasteiger partial charge in [0.05, 0.1) is 17.5 Å². The van der Waals surface area contributed by atoms with Gasteiger partial charge >= 0.3 is 0 Å². The molecule has 2 aromatic carbocycles. The third-order valence-electron chi connectivity index (χ3n) is 7.98. The molecule has 1 aliphatic carbocycles. The van der Waals surface area contributed by atoms with Gasteiger partial charge in [-0.15, -0.1) is 0 Å². The molecule has 3 atom stereocenters. The Hall–Kier alpha value is -2.55. The summed E-state index contributed by atoms with van der Waals surface area (Å²) in [5.74, 6) is 0.529. The van der Waals surface area contributed by atoms with Crippen molar-refractivity contribution in [2.45, 2.75) is 57.7 Å². The fourth-order valence-electron chi connectivity index (χ4n) is 5.69. The van der Waals surface area contributed by atoms with Crippen molar-refractivity contribution in [1.82, 2.24) is 4.72 Å². The number of carbonyl (C=O) groups is 1. The number of fused-ring (bicyclic) bond motifs is 3. The van der Waals surface area contributed by atoms with Crippen LogP contribution in [0.25, 0.3) is 0 Å². The Morgan fingerprint density at radius 2 is 1.87 bits per heavy atom. The first-order valence-corrected chi connectivity index (χ1v) is 15.5. The van der Waals surface area contributed by atoms with Crippen molar-refractivity contribution in [3.05, 3.63) is 70.3 Å². The quantitative estimate of drug-likeness (QED) is 0.448. The number of hydrogen-bond acceptors (Lipinski definition) is 6. The first kappa shape index (κ1) is 27.0. The smallest absolute Gasteiger partial charge is 0.264 e. The Labute approximate surface area is 229 Å². The second-order valence-electron chi connectivity index (χ2n) is 10.7. The summed E-state index contributed by atoms with van der Waals surface area (Å²) < 4.78 is 33.6. The molecule has 1 saturated carbocycles. The average molecular weight is 559 g/mol. The van der Waals surface area contributed by atoms with E-state index in [1.165, 1.54) is 11.6 Å². The molecule has 1 fully saturated rings. The molecule has 2 aromatic rings. The molecule has 0 radical (unpaired) electrons. The zero-order valence-electron chi connectivity index (χ0n) is 21.4. The third-order valence-corrected chi connectivity index (χ3v) is 9.34. The van der Waals surface area contributed by atoms with Crippen LogP contribution in [0, 0.1) is 11.8 Å². The van der Waals surface area contributed by atoms with Crippen molar-refractivity contribution in [3.8, 4) is 5.75 Å². The normalized spacial score (nSPS) is 26.8. The summed E-state index contributed by atoms with van der Waals surface area (Å²) in [4.78, 5) is 15.3. The van der Waals surface area contributed by atoms with Gasteiger partial charge in [0, 0.05) is 23.7 Å². The summed E-state index contributed by atoms with van der Waals surface area (Å²) in [6, 6.07) is 11.0. The first-order valence-electron chi connectivity index (χ1n) is 13.4. The zero-order valence-corrected chi connectivity index (χ0v) is 23.0. The number of nitrogens with one attached hydrogen (secondary N) is 1. The molecular formula is C29H35ClN2O5S. The number of nitrogens with zero attached hydrogens (tertiary/aromatic N) is 1. The number of halogens is 1. The summed E-state index contributed by atoms with van der Waals surface area (Å²) in [7, 11) is -3.86. The van der Waals surface area contributed by atoms with Crippen LogP contribution in [0.1, 0.15) is 60.0 Å². The number of benzene rings is 2. The largest absolute Gasteiger partial charge is 0.487 e. The van der Waals surface area contributed by atoms with Crippen molar-refractivity contribution >= 4 is 33.2 Å². The maximum Gasteiger partial charge on any atom is 0.264 e. The number of sulfonamides is 1. The highest BCUT2D eigenvalue weighted by Crippen LogP contribution is 2.41. The minimum absolute atomic E-state index is 0.277. The van der Waals surface area contributed by atoms with Crippen molar-refractivity contribution in [1.29, 1.82) is 0 Å². The lowest BCUT2D eigenvalue weighted by atomic mass is 9.70. The van der Waals surface area contributed by atoms with Gasteiger partial charge in [0.15, 0.2) is 0 Å². The average Bonchev–Trinajstić information content (AvgIpc) is 2.90. The van der Waals surface area contributed by atoms with Gasteiger partial charge in [-0.05, 0) is 98.2 Å². The van der Waals surface area contributed by atoms with E-state index in [0.29, 0.717) is 42.1 Å². The van der Waals surface area contributed by atoms with E-state index in [1.807, 2.05) is 18.2 Å². The van der Waals surface area contributed by atoms with E-state index in [9.17, 15) is 18.3 Å². The van der Waals surface area contributed by atoms with E-state index < -0.39 is 22.0 Å². The summed E-state index contributed by atoms with van der Waals surface area (Å²) >= 11 is 6.28. The Morgan fingerprint density at radius 1 is 1.03 bits per heavy atom. The third kappa shape index (κ3) is 6.53. The van der Waals surface area contributed by atoms with E-state index in [0.717, 1.165) is 56.4 Å². The minimum Gasteiger partial charge on any atom is -0.487 e. The number of hydrogen-bond donors (Lipinski definition) is 2. The van der Waals surface area contributed by atoms with Crippen LogP contribution in [-0.4, -0.2) is 44.4 Å². The number of aryl methyl sites for hydroxylation is 1. The number of ether oxygens (including phenoxy) is 1. The molecule has 204 valence electrons. The van der Waals surface area contributed by atoms with Gasteiger partial charge in [-0.1, -0.05) is 29.8 Å². The number of aliphatic hydroxyl groups is 1. The second-order valence-corrected chi connectivity index (χ2v) is 12.9. The Balaban J connectivity index is 1.51. The molecule has 0 aromatic heterocycles. The lowest BCUT2D eigenvalue weighted by Crippen LogP contribution is -2.40. The highest BCUT2D eigenvalue weighted by atomic mass is 35.5. The van der Waals surface area contributed by atoms with Crippen LogP contribution >= 0.6 is 11.6 Å². The van der Waals surface area contributed by atoms with E-state index >= 15 is 0 Å². The van der Waals surface area contributed by atoms with Crippen molar-refractivity contribution < 1.29 is 23.1 Å². The zero-order chi connectivity index (χ0) is 26.7. The number of rotatable bonds is 0. The standard InChI is InChI=1S/C29H35ClN2O5S/c30-25-11-9-24-19-37-28-12-10-22-17-27(28)32(13-3-1-5-20(24)15-25)18-23-8-7-21(23)16-26(33)6-2-4-14-38(35,36)31-29(22)34/h2,4,9-12,15,17,21,23,26,33H,1,3,5-8,13-14,16,18-19H2,(H,31,34)/b4-2-/t21-,23-,26-/m0/s1. The number of anilines is 1. The van der Waals surface area contributed by atoms with Gasteiger partial charge in [-0.2, -0.15) is 0 Å². The van der Waals surface area contributed by atoms with Gasteiger partial charge in [0.25, 0.3) is 5.91 Å². The summed E-state index contributed by atoms with van der Waals surface area (Å²) in [5.41, 5.74) is 3.34. The Kier molecular flexibility index (Phi) is 8.31. The fourth-order valence-corrected chi connectivity index (χ4v) is 6.75. The van der Waals surface area contributed by atoms with Gasteiger partial charge < -0.3 is 14.7 Å². The Morgan fingerprint density at radius 3 is 2.68 bits per heavy atom. The van der Waals surface area contributed by atoms with Gasteiger partial charge in [0.1, 0.15) is 12.4 Å². The van der Waals surface area contributed by atoms with Crippen LogP contribution in [0.15, 0.2) is 48.6 Å². The minimum atomic E-state index is -3.86. The molecule has 3 aliphatic rings. The van der Waals surface area contributed by atoms with Crippen LogP contribution in [0.3, 0.4) is 0 Å². The summed E-state index contributed by atoms with van der Waals surface area (Å²) in [5, 5.41) is 11.3. The number of carbonyl (C=O) groups excluding carboxylic acids is 1. The maximum absolute atomic E-state index is 13.0. The van der Waals surface area contributed by atoms with Crippen LogP contribution < -0.4 is 14.4 Å². The highest BCUT2D eigenvalue weighted by molar-refractivity contribution is 7.90. The molecule has 9 heteroatoms. The molecular weight excluding hydrogens is 524 g/mol. The van der Waals surface area contributed by atoms with Gasteiger partial charge in [-0.25, -0.2) is 13.1 Å². The molecule has 0 spiro atoms. The molecule has 2 aliphatic heterocycles. The van der Waals surface area contributed by atoms with E-state index in [4.69, 9.17) is 16.3 Å². The molecule has 5 rings (SSSR count).